The van der Waals surface area contributed by atoms with Crippen LogP contribution in [-0.2, 0) is 0 Å². The Morgan fingerprint density at radius 1 is 1.50 bits per heavy atom. The molecule has 0 spiro atoms. The lowest BCUT2D eigenvalue weighted by atomic mass is 10.1. The van der Waals surface area contributed by atoms with Gasteiger partial charge in [0.15, 0.2) is 0 Å². The maximum absolute atomic E-state index is 5.76. The van der Waals surface area contributed by atoms with Gasteiger partial charge in [0, 0.05) is 11.4 Å². The molecule has 1 aliphatic carbocycles. The quantitative estimate of drug-likeness (QED) is 0.605. The smallest absolute Gasteiger partial charge is 0.00751 e. The second-order valence-corrected chi connectivity index (χ2v) is 3.16. The van der Waals surface area contributed by atoms with E-state index in [1.807, 2.05) is 0 Å². The normalized spacial score (nSPS) is 38.2. The predicted octanol–water partition coefficient (Wildman–Crippen LogP) is 1.51. The summed E-state index contributed by atoms with van der Waals surface area (Å²) >= 11 is 3.44. The van der Waals surface area contributed by atoms with E-state index in [0.717, 1.165) is 11.2 Å². The van der Waals surface area contributed by atoms with Crippen molar-refractivity contribution >= 4 is 15.9 Å². The molecule has 1 rings (SSSR count). The average molecular weight is 178 g/mol. The van der Waals surface area contributed by atoms with Gasteiger partial charge in [-0.05, 0) is 18.8 Å². The highest BCUT2D eigenvalue weighted by Crippen LogP contribution is 2.24. The van der Waals surface area contributed by atoms with Crippen LogP contribution in [0.4, 0.5) is 0 Å². The first-order valence-electron chi connectivity index (χ1n) is 3.16. The van der Waals surface area contributed by atoms with Crippen molar-refractivity contribution in [3.8, 4) is 0 Å². The van der Waals surface area contributed by atoms with Crippen LogP contribution in [0, 0.1) is 5.92 Å². The van der Waals surface area contributed by atoms with Gasteiger partial charge in [0.1, 0.15) is 0 Å². The van der Waals surface area contributed by atoms with Crippen LogP contribution in [0.25, 0.3) is 0 Å². The van der Waals surface area contributed by atoms with E-state index in [2.05, 4.69) is 15.9 Å². The summed E-state index contributed by atoms with van der Waals surface area (Å²) in [5.41, 5.74) is 5.76. The standard InChI is InChI=1S/C6H12BrN/c7-4-5-2-1-3-6(5)8/h5-6H,1-4,8H2/t5-,6-/m0/s1. The Labute approximate surface area is 58.8 Å². The fourth-order valence-corrected chi connectivity index (χ4v) is 2.06. The minimum absolute atomic E-state index is 0.481. The molecule has 0 aromatic rings. The van der Waals surface area contributed by atoms with Crippen LogP contribution >= 0.6 is 15.9 Å². The lowest BCUT2D eigenvalue weighted by Crippen LogP contribution is -2.24. The molecule has 2 atom stereocenters. The lowest BCUT2D eigenvalue weighted by Gasteiger charge is -2.09. The van der Waals surface area contributed by atoms with Crippen LogP contribution in [0.5, 0.6) is 0 Å². The third kappa shape index (κ3) is 1.23. The molecule has 0 bridgehead atoms. The van der Waals surface area contributed by atoms with Gasteiger partial charge in [-0.25, -0.2) is 0 Å². The molecule has 0 unspecified atom stereocenters. The molecule has 1 saturated carbocycles. The van der Waals surface area contributed by atoms with Crippen molar-refractivity contribution in [3.05, 3.63) is 0 Å². The summed E-state index contributed by atoms with van der Waals surface area (Å²) in [6.45, 7) is 0. The topological polar surface area (TPSA) is 26.0 Å². The maximum atomic E-state index is 5.76. The van der Waals surface area contributed by atoms with Crippen molar-refractivity contribution in [3.63, 3.8) is 0 Å². The van der Waals surface area contributed by atoms with Crippen molar-refractivity contribution in [1.29, 1.82) is 0 Å². The first kappa shape index (κ1) is 6.56. The van der Waals surface area contributed by atoms with Gasteiger partial charge in [-0.1, -0.05) is 22.4 Å². The Balaban J connectivity index is 2.30. The van der Waals surface area contributed by atoms with E-state index in [-0.39, 0.29) is 0 Å². The van der Waals surface area contributed by atoms with Gasteiger partial charge in [0.2, 0.25) is 0 Å². The number of alkyl halides is 1. The van der Waals surface area contributed by atoms with E-state index >= 15 is 0 Å². The van der Waals surface area contributed by atoms with Crippen LogP contribution in [0.3, 0.4) is 0 Å². The molecule has 48 valence electrons. The second kappa shape index (κ2) is 2.83. The third-order valence-corrected chi connectivity index (χ3v) is 2.75. The monoisotopic (exact) mass is 177 g/mol. The highest BCUT2D eigenvalue weighted by molar-refractivity contribution is 9.09. The molecule has 0 radical (unpaired) electrons. The summed E-state index contributed by atoms with van der Waals surface area (Å²) in [6.07, 6.45) is 3.89. The molecule has 0 saturated heterocycles. The summed E-state index contributed by atoms with van der Waals surface area (Å²) in [5, 5.41) is 1.09. The summed E-state index contributed by atoms with van der Waals surface area (Å²) < 4.78 is 0. The number of rotatable bonds is 1. The molecule has 8 heavy (non-hydrogen) atoms. The zero-order valence-electron chi connectivity index (χ0n) is 4.94. The first-order valence-corrected chi connectivity index (χ1v) is 4.28. The zero-order chi connectivity index (χ0) is 5.98. The Kier molecular flexibility index (Phi) is 2.32. The van der Waals surface area contributed by atoms with Gasteiger partial charge in [-0.3, -0.25) is 0 Å². The summed E-state index contributed by atoms with van der Waals surface area (Å²) in [7, 11) is 0. The van der Waals surface area contributed by atoms with E-state index in [9.17, 15) is 0 Å². The van der Waals surface area contributed by atoms with Gasteiger partial charge in [-0.2, -0.15) is 0 Å². The second-order valence-electron chi connectivity index (χ2n) is 2.51. The van der Waals surface area contributed by atoms with Crippen LogP contribution in [-0.4, -0.2) is 11.4 Å². The van der Waals surface area contributed by atoms with Gasteiger partial charge < -0.3 is 5.73 Å². The Hall–Kier alpha value is 0.440. The summed E-state index contributed by atoms with van der Waals surface area (Å²) in [6, 6.07) is 0.481. The zero-order valence-corrected chi connectivity index (χ0v) is 6.52. The Bertz CT molecular complexity index is 74.9. The van der Waals surface area contributed by atoms with Gasteiger partial charge >= 0.3 is 0 Å². The van der Waals surface area contributed by atoms with Crippen molar-refractivity contribution < 1.29 is 0 Å². The van der Waals surface area contributed by atoms with E-state index < -0.39 is 0 Å². The fourth-order valence-electron chi connectivity index (χ4n) is 1.26. The number of hydrogen-bond acceptors (Lipinski definition) is 1. The minimum Gasteiger partial charge on any atom is -0.327 e. The Morgan fingerprint density at radius 3 is 2.50 bits per heavy atom. The fraction of sp³-hybridized carbons (Fsp3) is 1.00. The van der Waals surface area contributed by atoms with E-state index in [1.54, 1.807) is 0 Å². The minimum atomic E-state index is 0.481. The third-order valence-electron chi connectivity index (χ3n) is 1.92. The summed E-state index contributed by atoms with van der Waals surface area (Å²) in [5.74, 6) is 0.759. The number of halogens is 1. The average Bonchev–Trinajstić information content (AvgIpc) is 2.14. The molecule has 0 aromatic carbocycles. The molecule has 2 N–H and O–H groups in total. The predicted molar refractivity (Wildman–Crippen MR) is 39.1 cm³/mol. The molecule has 0 aromatic heterocycles. The van der Waals surface area contributed by atoms with Crippen molar-refractivity contribution in [2.75, 3.05) is 5.33 Å². The van der Waals surface area contributed by atoms with Crippen LogP contribution in [0.2, 0.25) is 0 Å². The van der Waals surface area contributed by atoms with Crippen LogP contribution < -0.4 is 5.73 Å². The highest BCUT2D eigenvalue weighted by atomic mass is 79.9. The molecular formula is C6H12BrN. The molecule has 1 aliphatic rings. The number of nitrogens with two attached hydrogens (primary N) is 1. The van der Waals surface area contributed by atoms with Gasteiger partial charge in [-0.15, -0.1) is 0 Å². The van der Waals surface area contributed by atoms with E-state index in [1.165, 1.54) is 19.3 Å². The van der Waals surface area contributed by atoms with E-state index in [4.69, 9.17) is 5.73 Å². The lowest BCUT2D eigenvalue weighted by molar-refractivity contribution is 0.539. The molecule has 0 heterocycles. The molecule has 0 aliphatic heterocycles. The summed E-state index contributed by atoms with van der Waals surface area (Å²) in [4.78, 5) is 0. The molecule has 0 amide bonds. The van der Waals surface area contributed by atoms with Gasteiger partial charge in [0.25, 0.3) is 0 Å². The van der Waals surface area contributed by atoms with Crippen molar-refractivity contribution in [1.82, 2.24) is 0 Å². The van der Waals surface area contributed by atoms with E-state index in [0.29, 0.717) is 6.04 Å². The largest absolute Gasteiger partial charge is 0.327 e. The van der Waals surface area contributed by atoms with Crippen LogP contribution in [0.15, 0.2) is 0 Å². The molecule has 2 heteroatoms. The molecular weight excluding hydrogens is 166 g/mol. The maximum Gasteiger partial charge on any atom is 0.00751 e. The van der Waals surface area contributed by atoms with Crippen molar-refractivity contribution in [2.45, 2.75) is 25.3 Å². The first-order chi connectivity index (χ1) is 3.84. The molecule has 1 nitrogen and oxygen atoms in total. The number of hydrogen-bond donors (Lipinski definition) is 1. The highest BCUT2D eigenvalue weighted by Gasteiger charge is 2.21. The SMILES string of the molecule is N[C@H]1CCC[C@H]1CBr. The molecule has 1 fully saturated rings. The van der Waals surface area contributed by atoms with Crippen molar-refractivity contribution in [2.24, 2.45) is 11.7 Å². The Morgan fingerprint density at radius 2 is 2.25 bits per heavy atom. The van der Waals surface area contributed by atoms with Crippen LogP contribution in [0.1, 0.15) is 19.3 Å². The van der Waals surface area contributed by atoms with Gasteiger partial charge in [0.05, 0.1) is 0 Å².